The highest BCUT2D eigenvalue weighted by molar-refractivity contribution is 5.85. The monoisotopic (exact) mass is 320 g/mol. The summed E-state index contributed by atoms with van der Waals surface area (Å²) in [5.74, 6) is -1.09. The van der Waals surface area contributed by atoms with Crippen molar-refractivity contribution in [1.82, 2.24) is 10.2 Å². The Balaban J connectivity index is 0.00000220. The third kappa shape index (κ3) is 3.92. The van der Waals surface area contributed by atoms with Gasteiger partial charge in [0.25, 0.3) is 0 Å². The van der Waals surface area contributed by atoms with Crippen molar-refractivity contribution in [3.8, 4) is 0 Å². The van der Waals surface area contributed by atoms with E-state index < -0.39 is 23.1 Å². The van der Waals surface area contributed by atoms with E-state index in [4.69, 9.17) is 0 Å². The number of hydrogen-bond donors (Lipinski definition) is 2. The molecular weight excluding hydrogens is 298 g/mol. The highest BCUT2D eigenvalue weighted by Crippen LogP contribution is 2.40. The third-order valence-corrected chi connectivity index (χ3v) is 3.94. The van der Waals surface area contributed by atoms with Crippen molar-refractivity contribution < 1.29 is 13.9 Å². The van der Waals surface area contributed by atoms with E-state index in [0.717, 1.165) is 13.1 Å². The number of nitrogens with one attached hydrogen (secondary N) is 1. The van der Waals surface area contributed by atoms with Gasteiger partial charge in [-0.05, 0) is 12.1 Å². The molecule has 6 heteroatoms. The molecular formula is C15H23ClF2N2O. The molecule has 0 amide bonds. The molecule has 0 saturated carbocycles. The molecule has 1 aromatic rings. The molecule has 1 atom stereocenters. The van der Waals surface area contributed by atoms with Gasteiger partial charge < -0.3 is 10.4 Å². The van der Waals surface area contributed by atoms with Gasteiger partial charge in [-0.1, -0.05) is 19.9 Å². The fourth-order valence-corrected chi connectivity index (χ4v) is 2.87. The van der Waals surface area contributed by atoms with Crippen molar-refractivity contribution in [2.45, 2.75) is 19.9 Å². The van der Waals surface area contributed by atoms with E-state index >= 15 is 0 Å². The van der Waals surface area contributed by atoms with Gasteiger partial charge in [0.2, 0.25) is 0 Å². The van der Waals surface area contributed by atoms with Gasteiger partial charge in [-0.15, -0.1) is 12.4 Å². The summed E-state index contributed by atoms with van der Waals surface area (Å²) in [4.78, 5) is 2.05. The molecule has 0 unspecified atom stereocenters. The minimum atomic E-state index is -0.625. The summed E-state index contributed by atoms with van der Waals surface area (Å²) in [6, 6.07) is 3.45. The second kappa shape index (κ2) is 7.49. The van der Waals surface area contributed by atoms with Gasteiger partial charge in [-0.2, -0.15) is 0 Å². The second-order valence-electron chi connectivity index (χ2n) is 5.97. The zero-order chi connectivity index (χ0) is 14.8. The topological polar surface area (TPSA) is 35.5 Å². The summed E-state index contributed by atoms with van der Waals surface area (Å²) >= 11 is 0. The van der Waals surface area contributed by atoms with Gasteiger partial charge in [-0.3, -0.25) is 4.90 Å². The van der Waals surface area contributed by atoms with Crippen LogP contribution in [0.15, 0.2) is 18.2 Å². The molecule has 1 aliphatic rings. The predicted molar refractivity (Wildman–Crippen MR) is 81.7 cm³/mol. The van der Waals surface area contributed by atoms with E-state index in [-0.39, 0.29) is 24.6 Å². The quantitative estimate of drug-likeness (QED) is 0.894. The number of hydrogen-bond acceptors (Lipinski definition) is 3. The number of benzene rings is 1. The number of halogens is 3. The average Bonchev–Trinajstić information content (AvgIpc) is 2.43. The Bertz CT molecular complexity index is 445. The van der Waals surface area contributed by atoms with Crippen molar-refractivity contribution in [3.05, 3.63) is 35.4 Å². The Morgan fingerprint density at radius 2 is 1.76 bits per heavy atom. The van der Waals surface area contributed by atoms with E-state index in [1.54, 1.807) is 0 Å². The standard InChI is InChI=1S/C15H22F2N2O.ClH/c1-15(2,10-20)14(19-8-6-18-7-9-19)13-11(16)4-3-5-12(13)17;/h3-5,14,18,20H,6-10H2,1-2H3;1H/t14-;/m0./s1. The summed E-state index contributed by atoms with van der Waals surface area (Å²) in [6.45, 7) is 6.54. The summed E-state index contributed by atoms with van der Waals surface area (Å²) in [5.41, 5.74) is -0.561. The van der Waals surface area contributed by atoms with Crippen molar-refractivity contribution in [2.24, 2.45) is 5.41 Å². The summed E-state index contributed by atoms with van der Waals surface area (Å²) < 4.78 is 28.3. The Hall–Kier alpha value is -0.750. The van der Waals surface area contributed by atoms with E-state index in [2.05, 4.69) is 5.32 Å². The Labute approximate surface area is 130 Å². The minimum Gasteiger partial charge on any atom is -0.396 e. The Morgan fingerprint density at radius 3 is 2.24 bits per heavy atom. The fraction of sp³-hybridized carbons (Fsp3) is 0.600. The van der Waals surface area contributed by atoms with Crippen molar-refractivity contribution >= 4 is 12.4 Å². The predicted octanol–water partition coefficient (Wildman–Crippen LogP) is 2.35. The van der Waals surface area contributed by atoms with Crippen LogP contribution in [0.5, 0.6) is 0 Å². The molecule has 0 aliphatic carbocycles. The molecule has 1 heterocycles. The van der Waals surface area contributed by atoms with Crippen LogP contribution in [0.25, 0.3) is 0 Å². The van der Waals surface area contributed by atoms with Crippen molar-refractivity contribution in [3.63, 3.8) is 0 Å². The van der Waals surface area contributed by atoms with Gasteiger partial charge in [0.1, 0.15) is 11.6 Å². The van der Waals surface area contributed by atoms with Crippen molar-refractivity contribution in [1.29, 1.82) is 0 Å². The van der Waals surface area contributed by atoms with E-state index in [9.17, 15) is 13.9 Å². The molecule has 120 valence electrons. The molecule has 2 N–H and O–H groups in total. The fourth-order valence-electron chi connectivity index (χ4n) is 2.87. The normalized spacial score (nSPS) is 18.1. The summed E-state index contributed by atoms with van der Waals surface area (Å²) in [7, 11) is 0. The lowest BCUT2D eigenvalue weighted by molar-refractivity contribution is 0.0266. The molecule has 0 spiro atoms. The van der Waals surface area contributed by atoms with Crippen LogP contribution < -0.4 is 5.32 Å². The molecule has 0 aromatic heterocycles. The lowest BCUT2D eigenvalue weighted by Crippen LogP contribution is -2.50. The van der Waals surface area contributed by atoms with Gasteiger partial charge in [0.05, 0.1) is 0 Å². The molecule has 0 bridgehead atoms. The lowest BCUT2D eigenvalue weighted by Gasteiger charge is -2.43. The van der Waals surface area contributed by atoms with Gasteiger partial charge in [0.15, 0.2) is 0 Å². The van der Waals surface area contributed by atoms with Crippen LogP contribution in [0, 0.1) is 17.0 Å². The number of aliphatic hydroxyl groups excluding tert-OH is 1. The first-order chi connectivity index (χ1) is 9.47. The molecule has 1 fully saturated rings. The van der Waals surface area contributed by atoms with Gasteiger partial charge in [-0.25, -0.2) is 8.78 Å². The third-order valence-electron chi connectivity index (χ3n) is 3.94. The van der Waals surface area contributed by atoms with Crippen LogP contribution in [0.4, 0.5) is 8.78 Å². The van der Waals surface area contributed by atoms with Crippen LogP contribution in [0.3, 0.4) is 0 Å². The molecule has 1 aliphatic heterocycles. The average molecular weight is 321 g/mol. The minimum absolute atomic E-state index is 0. The second-order valence-corrected chi connectivity index (χ2v) is 5.97. The summed E-state index contributed by atoms with van der Waals surface area (Å²) in [5, 5.41) is 12.9. The molecule has 1 saturated heterocycles. The van der Waals surface area contributed by atoms with E-state index in [0.29, 0.717) is 13.1 Å². The maximum Gasteiger partial charge on any atom is 0.130 e. The van der Waals surface area contributed by atoms with Crippen LogP contribution in [0.2, 0.25) is 0 Å². The van der Waals surface area contributed by atoms with E-state index in [1.165, 1.54) is 18.2 Å². The van der Waals surface area contributed by atoms with Gasteiger partial charge >= 0.3 is 0 Å². The molecule has 0 radical (unpaired) electrons. The first-order valence-corrected chi connectivity index (χ1v) is 6.97. The maximum atomic E-state index is 14.2. The number of aliphatic hydroxyl groups is 1. The smallest absolute Gasteiger partial charge is 0.130 e. The van der Waals surface area contributed by atoms with Crippen LogP contribution in [-0.4, -0.2) is 42.8 Å². The zero-order valence-electron chi connectivity index (χ0n) is 12.4. The highest BCUT2D eigenvalue weighted by atomic mass is 35.5. The molecule has 2 rings (SSSR count). The Kier molecular flexibility index (Phi) is 6.53. The highest BCUT2D eigenvalue weighted by Gasteiger charge is 2.38. The molecule has 1 aromatic carbocycles. The SMILES string of the molecule is CC(C)(CO)[C@H](c1c(F)cccc1F)N1CCNCC1.Cl. The maximum absolute atomic E-state index is 14.2. The van der Waals surface area contributed by atoms with Crippen molar-refractivity contribution in [2.75, 3.05) is 32.8 Å². The number of rotatable bonds is 4. The Morgan fingerprint density at radius 1 is 1.24 bits per heavy atom. The summed E-state index contributed by atoms with van der Waals surface area (Å²) in [6.07, 6.45) is 0. The first kappa shape index (κ1) is 18.3. The van der Waals surface area contributed by atoms with Gasteiger partial charge in [0, 0.05) is 49.8 Å². The first-order valence-electron chi connectivity index (χ1n) is 6.97. The lowest BCUT2D eigenvalue weighted by atomic mass is 9.79. The van der Waals surface area contributed by atoms with Crippen LogP contribution >= 0.6 is 12.4 Å². The number of piperazine rings is 1. The molecule has 21 heavy (non-hydrogen) atoms. The largest absolute Gasteiger partial charge is 0.396 e. The molecule has 3 nitrogen and oxygen atoms in total. The van der Waals surface area contributed by atoms with Crippen LogP contribution in [-0.2, 0) is 0 Å². The number of nitrogens with zero attached hydrogens (tertiary/aromatic N) is 1. The van der Waals surface area contributed by atoms with E-state index in [1.807, 2.05) is 18.7 Å². The van der Waals surface area contributed by atoms with Crippen LogP contribution in [0.1, 0.15) is 25.5 Å². The zero-order valence-corrected chi connectivity index (χ0v) is 13.2.